The predicted octanol–water partition coefficient (Wildman–Crippen LogP) is 3.07. The highest BCUT2D eigenvalue weighted by molar-refractivity contribution is 7.99. The number of benzene rings is 1. The Kier molecular flexibility index (Phi) is 4.23. The zero-order chi connectivity index (χ0) is 13.8. The molecule has 2 aromatic rings. The lowest BCUT2D eigenvalue weighted by molar-refractivity contribution is 0.397. The zero-order valence-corrected chi connectivity index (χ0v) is 12.3. The Morgan fingerprint density at radius 1 is 1.35 bits per heavy atom. The number of ether oxygens (including phenoxy) is 1. The van der Waals surface area contributed by atoms with Crippen molar-refractivity contribution in [1.82, 2.24) is 10.3 Å². The number of methoxy groups -OCH3 is 1. The number of nitrogens with one attached hydrogen (secondary N) is 1. The minimum Gasteiger partial charge on any atom is -0.481 e. The van der Waals surface area contributed by atoms with Gasteiger partial charge in [0.2, 0.25) is 5.88 Å². The van der Waals surface area contributed by atoms with E-state index in [1.165, 1.54) is 21.8 Å². The molecule has 1 unspecified atom stereocenters. The standard InChI is InChI=1S/C16H18N2OS/c1-19-16-8-12(6-7-18-16)9-17-10-13-11-20-15-5-3-2-4-14(13)15/h2-8,13,17H,9-11H2,1H3. The summed E-state index contributed by atoms with van der Waals surface area (Å²) in [5.41, 5.74) is 2.69. The van der Waals surface area contributed by atoms with Gasteiger partial charge in [0.25, 0.3) is 0 Å². The monoisotopic (exact) mass is 286 g/mol. The van der Waals surface area contributed by atoms with E-state index in [2.05, 4.69) is 34.6 Å². The molecule has 104 valence electrons. The second kappa shape index (κ2) is 6.29. The fraction of sp³-hybridized carbons (Fsp3) is 0.312. The first-order valence-electron chi connectivity index (χ1n) is 6.78. The minimum atomic E-state index is 0.611. The molecule has 4 heteroatoms. The molecule has 0 saturated heterocycles. The molecule has 2 heterocycles. The van der Waals surface area contributed by atoms with Gasteiger partial charge in [0.05, 0.1) is 7.11 Å². The Labute approximate surface area is 123 Å². The molecule has 0 amide bonds. The van der Waals surface area contributed by atoms with Gasteiger partial charge < -0.3 is 10.1 Å². The third-order valence-electron chi connectivity index (χ3n) is 3.53. The van der Waals surface area contributed by atoms with Crippen LogP contribution in [0.25, 0.3) is 0 Å². The number of fused-ring (bicyclic) bond motifs is 1. The summed E-state index contributed by atoms with van der Waals surface area (Å²) in [5, 5.41) is 3.54. The molecule has 0 fully saturated rings. The molecule has 1 aliphatic rings. The quantitative estimate of drug-likeness (QED) is 0.916. The Morgan fingerprint density at radius 2 is 2.25 bits per heavy atom. The average Bonchev–Trinajstić information content (AvgIpc) is 2.91. The number of pyridine rings is 1. The molecule has 0 aliphatic carbocycles. The molecule has 3 rings (SSSR count). The molecule has 0 saturated carbocycles. The number of rotatable bonds is 5. The van der Waals surface area contributed by atoms with Gasteiger partial charge >= 0.3 is 0 Å². The Hall–Kier alpha value is -1.52. The summed E-state index contributed by atoms with van der Waals surface area (Å²) in [5.74, 6) is 2.46. The van der Waals surface area contributed by atoms with Gasteiger partial charge in [-0.05, 0) is 23.3 Å². The van der Waals surface area contributed by atoms with E-state index >= 15 is 0 Å². The van der Waals surface area contributed by atoms with Crippen LogP contribution >= 0.6 is 11.8 Å². The highest BCUT2D eigenvalue weighted by atomic mass is 32.2. The second-order valence-corrected chi connectivity index (χ2v) is 5.94. The number of hydrogen-bond acceptors (Lipinski definition) is 4. The summed E-state index contributed by atoms with van der Waals surface area (Å²) in [6.07, 6.45) is 1.79. The van der Waals surface area contributed by atoms with Crippen LogP contribution in [0, 0.1) is 0 Å². The molecular weight excluding hydrogens is 268 g/mol. The van der Waals surface area contributed by atoms with Crippen LogP contribution in [0.1, 0.15) is 17.0 Å². The smallest absolute Gasteiger partial charge is 0.213 e. The summed E-state index contributed by atoms with van der Waals surface area (Å²) in [6, 6.07) is 12.7. The normalized spacial score (nSPS) is 16.9. The van der Waals surface area contributed by atoms with Gasteiger partial charge in [0.1, 0.15) is 0 Å². The van der Waals surface area contributed by atoms with Crippen LogP contribution in [0.4, 0.5) is 0 Å². The molecule has 1 aromatic heterocycles. The van der Waals surface area contributed by atoms with Gasteiger partial charge in [-0.2, -0.15) is 0 Å². The van der Waals surface area contributed by atoms with Gasteiger partial charge in [-0.25, -0.2) is 4.98 Å². The Morgan fingerprint density at radius 3 is 3.15 bits per heavy atom. The maximum atomic E-state index is 5.14. The van der Waals surface area contributed by atoms with Crippen molar-refractivity contribution in [3.8, 4) is 5.88 Å². The number of nitrogens with zero attached hydrogens (tertiary/aromatic N) is 1. The van der Waals surface area contributed by atoms with E-state index in [4.69, 9.17) is 4.74 Å². The number of thioether (sulfide) groups is 1. The minimum absolute atomic E-state index is 0.611. The zero-order valence-electron chi connectivity index (χ0n) is 11.5. The fourth-order valence-corrected chi connectivity index (χ4v) is 3.72. The number of hydrogen-bond donors (Lipinski definition) is 1. The van der Waals surface area contributed by atoms with Crippen molar-refractivity contribution in [3.05, 3.63) is 53.7 Å². The van der Waals surface area contributed by atoms with Crippen LogP contribution < -0.4 is 10.1 Å². The molecule has 1 N–H and O–H groups in total. The summed E-state index contributed by atoms with van der Waals surface area (Å²) in [4.78, 5) is 5.55. The highest BCUT2D eigenvalue weighted by Gasteiger charge is 2.21. The summed E-state index contributed by atoms with van der Waals surface area (Å²) in [7, 11) is 1.65. The van der Waals surface area contributed by atoms with Crippen molar-refractivity contribution >= 4 is 11.8 Å². The summed E-state index contributed by atoms with van der Waals surface area (Å²) in [6.45, 7) is 1.86. The van der Waals surface area contributed by atoms with Crippen LogP contribution in [-0.2, 0) is 6.54 Å². The first kappa shape index (κ1) is 13.5. The molecule has 0 radical (unpaired) electrons. The molecule has 1 atom stereocenters. The van der Waals surface area contributed by atoms with Gasteiger partial charge in [-0.3, -0.25) is 0 Å². The van der Waals surface area contributed by atoms with E-state index in [0.717, 1.165) is 13.1 Å². The highest BCUT2D eigenvalue weighted by Crippen LogP contribution is 2.38. The van der Waals surface area contributed by atoms with Gasteiger partial charge in [-0.1, -0.05) is 18.2 Å². The maximum Gasteiger partial charge on any atom is 0.213 e. The molecule has 20 heavy (non-hydrogen) atoms. The van der Waals surface area contributed by atoms with E-state index < -0.39 is 0 Å². The van der Waals surface area contributed by atoms with Gasteiger partial charge in [-0.15, -0.1) is 11.8 Å². The Bertz CT molecular complexity index is 588. The predicted molar refractivity (Wildman–Crippen MR) is 82.4 cm³/mol. The van der Waals surface area contributed by atoms with Crippen molar-refractivity contribution in [3.63, 3.8) is 0 Å². The topological polar surface area (TPSA) is 34.1 Å². The SMILES string of the molecule is COc1cc(CNCC2CSc3ccccc32)ccn1. The lowest BCUT2D eigenvalue weighted by Crippen LogP contribution is -2.21. The number of aromatic nitrogens is 1. The van der Waals surface area contributed by atoms with E-state index in [-0.39, 0.29) is 0 Å². The van der Waals surface area contributed by atoms with Gasteiger partial charge in [0.15, 0.2) is 0 Å². The Balaban J connectivity index is 1.56. The van der Waals surface area contributed by atoms with Crippen molar-refractivity contribution < 1.29 is 4.74 Å². The molecule has 1 aliphatic heterocycles. The third-order valence-corrected chi connectivity index (χ3v) is 4.78. The van der Waals surface area contributed by atoms with Crippen molar-refractivity contribution in [2.24, 2.45) is 0 Å². The van der Waals surface area contributed by atoms with E-state index in [1.54, 1.807) is 13.3 Å². The van der Waals surface area contributed by atoms with Crippen LogP contribution in [0.3, 0.4) is 0 Å². The molecule has 0 spiro atoms. The van der Waals surface area contributed by atoms with Crippen LogP contribution in [0.2, 0.25) is 0 Å². The second-order valence-electron chi connectivity index (χ2n) is 4.88. The van der Waals surface area contributed by atoms with Crippen molar-refractivity contribution in [2.75, 3.05) is 19.4 Å². The maximum absolute atomic E-state index is 5.14. The van der Waals surface area contributed by atoms with Crippen LogP contribution in [0.5, 0.6) is 5.88 Å². The van der Waals surface area contributed by atoms with Crippen LogP contribution in [-0.4, -0.2) is 24.4 Å². The lowest BCUT2D eigenvalue weighted by atomic mass is 10.0. The van der Waals surface area contributed by atoms with Crippen molar-refractivity contribution in [2.45, 2.75) is 17.4 Å². The first-order chi connectivity index (χ1) is 9.86. The fourth-order valence-electron chi connectivity index (χ4n) is 2.46. The largest absolute Gasteiger partial charge is 0.481 e. The summed E-state index contributed by atoms with van der Waals surface area (Å²) >= 11 is 1.96. The van der Waals surface area contributed by atoms with Gasteiger partial charge in [0, 0.05) is 41.9 Å². The van der Waals surface area contributed by atoms with E-state index in [9.17, 15) is 0 Å². The third kappa shape index (κ3) is 2.97. The molecular formula is C16H18N2OS. The van der Waals surface area contributed by atoms with Crippen molar-refractivity contribution in [1.29, 1.82) is 0 Å². The van der Waals surface area contributed by atoms with Crippen LogP contribution in [0.15, 0.2) is 47.5 Å². The lowest BCUT2D eigenvalue weighted by Gasteiger charge is -2.12. The van der Waals surface area contributed by atoms with E-state index in [1.807, 2.05) is 23.9 Å². The molecule has 3 nitrogen and oxygen atoms in total. The average molecular weight is 286 g/mol. The first-order valence-corrected chi connectivity index (χ1v) is 7.77. The summed E-state index contributed by atoms with van der Waals surface area (Å²) < 4.78 is 5.14. The van der Waals surface area contributed by atoms with E-state index in [0.29, 0.717) is 11.8 Å². The molecule has 0 bridgehead atoms. The molecule has 1 aromatic carbocycles.